The van der Waals surface area contributed by atoms with Crippen molar-refractivity contribution >= 4 is 11.7 Å². The fourth-order valence-corrected chi connectivity index (χ4v) is 1.55. The van der Waals surface area contributed by atoms with Crippen LogP contribution < -0.4 is 16.4 Å². The van der Waals surface area contributed by atoms with Gasteiger partial charge in [0.25, 0.3) is 0 Å². The van der Waals surface area contributed by atoms with Crippen molar-refractivity contribution in [3.63, 3.8) is 0 Å². The zero-order chi connectivity index (χ0) is 14.1. The van der Waals surface area contributed by atoms with Gasteiger partial charge < -0.3 is 16.4 Å². The first kappa shape index (κ1) is 15.4. The van der Waals surface area contributed by atoms with Gasteiger partial charge in [-0.15, -0.1) is 0 Å². The minimum Gasteiger partial charge on any atom is -0.370 e. The molecule has 0 saturated heterocycles. The van der Waals surface area contributed by atoms with Crippen LogP contribution in [0.4, 0.5) is 5.82 Å². The van der Waals surface area contributed by atoms with Crippen LogP contribution in [0.2, 0.25) is 0 Å². The molecule has 2 unspecified atom stereocenters. The van der Waals surface area contributed by atoms with E-state index in [0.717, 1.165) is 25.2 Å². The third-order valence-electron chi connectivity index (χ3n) is 3.08. The normalized spacial score (nSPS) is 13.6. The number of unbranched alkanes of at least 4 members (excludes halogenated alkanes) is 1. The molecule has 0 radical (unpaired) electrons. The number of nitrogens with one attached hydrogen (secondary N) is 2. The number of carbonyl (C=O) groups is 1. The van der Waals surface area contributed by atoms with Crippen molar-refractivity contribution < 1.29 is 4.79 Å². The maximum atomic E-state index is 11.6. The van der Waals surface area contributed by atoms with E-state index in [9.17, 15) is 4.79 Å². The second-order valence-electron chi connectivity index (χ2n) is 4.79. The van der Waals surface area contributed by atoms with Gasteiger partial charge in [-0.25, -0.2) is 4.98 Å². The van der Waals surface area contributed by atoms with Gasteiger partial charge in [-0.3, -0.25) is 4.79 Å². The standard InChI is InChI=1S/C14H24N4O/c1-11(12(2)15)14(19)18-10-6-5-9-17-13-7-3-4-8-16-13/h3-4,7-8,11-12H,5-6,9-10,15H2,1-2H3,(H,16,17)(H,18,19). The minimum atomic E-state index is -0.133. The SMILES string of the molecule is CC(N)C(C)C(=O)NCCCCNc1ccccn1. The van der Waals surface area contributed by atoms with E-state index in [1.807, 2.05) is 32.0 Å². The Balaban J connectivity index is 2.04. The molecule has 1 heterocycles. The first-order valence-corrected chi connectivity index (χ1v) is 6.79. The van der Waals surface area contributed by atoms with E-state index in [4.69, 9.17) is 5.73 Å². The predicted octanol–water partition coefficient (Wildman–Crippen LogP) is 1.37. The Morgan fingerprint density at radius 2 is 2.05 bits per heavy atom. The summed E-state index contributed by atoms with van der Waals surface area (Å²) in [7, 11) is 0. The molecule has 2 atom stereocenters. The number of aromatic nitrogens is 1. The third-order valence-corrected chi connectivity index (χ3v) is 3.08. The molecule has 0 fully saturated rings. The molecule has 19 heavy (non-hydrogen) atoms. The molecular weight excluding hydrogens is 240 g/mol. The van der Waals surface area contributed by atoms with Crippen LogP contribution in [0.1, 0.15) is 26.7 Å². The Morgan fingerprint density at radius 3 is 2.68 bits per heavy atom. The quantitative estimate of drug-likeness (QED) is 0.620. The minimum absolute atomic E-state index is 0.0349. The summed E-state index contributed by atoms with van der Waals surface area (Å²) in [4.78, 5) is 15.8. The van der Waals surface area contributed by atoms with Gasteiger partial charge in [0.05, 0.1) is 0 Å². The smallest absolute Gasteiger partial charge is 0.224 e. The van der Waals surface area contributed by atoms with Crippen LogP contribution >= 0.6 is 0 Å². The Bertz CT molecular complexity index is 367. The predicted molar refractivity (Wildman–Crippen MR) is 77.8 cm³/mol. The maximum Gasteiger partial charge on any atom is 0.224 e. The van der Waals surface area contributed by atoms with Crippen LogP contribution in [-0.4, -0.2) is 30.0 Å². The van der Waals surface area contributed by atoms with Gasteiger partial charge in [-0.1, -0.05) is 13.0 Å². The van der Waals surface area contributed by atoms with Gasteiger partial charge in [-0.2, -0.15) is 0 Å². The van der Waals surface area contributed by atoms with E-state index >= 15 is 0 Å². The van der Waals surface area contributed by atoms with Gasteiger partial charge in [0.1, 0.15) is 5.82 Å². The van der Waals surface area contributed by atoms with E-state index in [0.29, 0.717) is 6.54 Å². The molecule has 1 aromatic rings. The topological polar surface area (TPSA) is 80.0 Å². The van der Waals surface area contributed by atoms with Crippen LogP contribution in [0.25, 0.3) is 0 Å². The zero-order valence-corrected chi connectivity index (χ0v) is 11.7. The van der Waals surface area contributed by atoms with Gasteiger partial charge in [0, 0.05) is 31.2 Å². The van der Waals surface area contributed by atoms with E-state index in [2.05, 4.69) is 15.6 Å². The summed E-state index contributed by atoms with van der Waals surface area (Å²) in [5.74, 6) is 0.788. The molecule has 0 spiro atoms. The fraction of sp³-hybridized carbons (Fsp3) is 0.571. The number of amides is 1. The van der Waals surface area contributed by atoms with Gasteiger partial charge in [0.2, 0.25) is 5.91 Å². The molecule has 0 bridgehead atoms. The highest BCUT2D eigenvalue weighted by molar-refractivity contribution is 5.78. The largest absolute Gasteiger partial charge is 0.370 e. The molecule has 5 heteroatoms. The van der Waals surface area contributed by atoms with E-state index in [1.165, 1.54) is 0 Å². The summed E-state index contributed by atoms with van der Waals surface area (Å²) in [5, 5.41) is 6.13. The Hall–Kier alpha value is -1.62. The monoisotopic (exact) mass is 264 g/mol. The van der Waals surface area contributed by atoms with E-state index in [-0.39, 0.29) is 17.9 Å². The lowest BCUT2D eigenvalue weighted by molar-refractivity contribution is -0.124. The molecule has 5 nitrogen and oxygen atoms in total. The van der Waals surface area contributed by atoms with Gasteiger partial charge >= 0.3 is 0 Å². The van der Waals surface area contributed by atoms with Crippen molar-refractivity contribution in [2.75, 3.05) is 18.4 Å². The molecule has 0 aliphatic heterocycles. The summed E-state index contributed by atoms with van der Waals surface area (Å²) in [6.07, 6.45) is 3.69. The highest BCUT2D eigenvalue weighted by Gasteiger charge is 2.15. The number of pyridine rings is 1. The molecule has 1 aromatic heterocycles. The van der Waals surface area contributed by atoms with Crippen LogP contribution in [-0.2, 0) is 4.79 Å². The van der Waals surface area contributed by atoms with Crippen molar-refractivity contribution in [3.8, 4) is 0 Å². The van der Waals surface area contributed by atoms with Crippen molar-refractivity contribution in [1.82, 2.24) is 10.3 Å². The van der Waals surface area contributed by atoms with Crippen molar-refractivity contribution in [3.05, 3.63) is 24.4 Å². The third kappa shape index (κ3) is 6.20. The average Bonchev–Trinajstić information content (AvgIpc) is 2.42. The number of carbonyl (C=O) groups excluding carboxylic acids is 1. The summed E-state index contributed by atoms with van der Waals surface area (Å²) < 4.78 is 0. The van der Waals surface area contributed by atoms with Gasteiger partial charge in [0.15, 0.2) is 0 Å². The molecule has 1 amide bonds. The molecule has 0 saturated carbocycles. The van der Waals surface area contributed by atoms with Crippen LogP contribution in [0.15, 0.2) is 24.4 Å². The Morgan fingerprint density at radius 1 is 1.32 bits per heavy atom. The molecule has 4 N–H and O–H groups in total. The van der Waals surface area contributed by atoms with E-state index < -0.39 is 0 Å². The van der Waals surface area contributed by atoms with Crippen molar-refractivity contribution in [2.45, 2.75) is 32.7 Å². The second kappa shape index (κ2) is 8.48. The molecule has 106 valence electrons. The first-order valence-electron chi connectivity index (χ1n) is 6.79. The highest BCUT2D eigenvalue weighted by atomic mass is 16.1. The van der Waals surface area contributed by atoms with Crippen molar-refractivity contribution in [2.24, 2.45) is 11.7 Å². The molecular formula is C14H24N4O. The van der Waals surface area contributed by atoms with Crippen molar-refractivity contribution in [1.29, 1.82) is 0 Å². The number of nitrogens with two attached hydrogens (primary N) is 1. The maximum absolute atomic E-state index is 11.6. The molecule has 0 aliphatic rings. The second-order valence-corrected chi connectivity index (χ2v) is 4.79. The van der Waals surface area contributed by atoms with Crippen LogP contribution in [0.3, 0.4) is 0 Å². The number of anilines is 1. The number of hydrogen-bond donors (Lipinski definition) is 3. The summed E-state index contributed by atoms with van der Waals surface area (Å²) in [6, 6.07) is 5.67. The molecule has 1 rings (SSSR count). The number of rotatable bonds is 8. The lowest BCUT2D eigenvalue weighted by Gasteiger charge is -2.15. The highest BCUT2D eigenvalue weighted by Crippen LogP contribution is 2.01. The summed E-state index contributed by atoms with van der Waals surface area (Å²) in [6.45, 7) is 5.25. The lowest BCUT2D eigenvalue weighted by Crippen LogP contribution is -2.38. The number of hydrogen-bond acceptors (Lipinski definition) is 4. The van der Waals surface area contributed by atoms with Gasteiger partial charge in [-0.05, 0) is 31.9 Å². The number of nitrogens with zero attached hydrogens (tertiary/aromatic N) is 1. The lowest BCUT2D eigenvalue weighted by atomic mass is 10.0. The molecule has 0 aliphatic carbocycles. The Labute approximate surface area is 115 Å². The first-order chi connectivity index (χ1) is 9.11. The molecule has 0 aromatic carbocycles. The summed E-state index contributed by atoms with van der Waals surface area (Å²) >= 11 is 0. The fourth-order valence-electron chi connectivity index (χ4n) is 1.55. The summed E-state index contributed by atoms with van der Waals surface area (Å²) in [5.41, 5.74) is 5.68. The van der Waals surface area contributed by atoms with Crippen LogP contribution in [0.5, 0.6) is 0 Å². The average molecular weight is 264 g/mol. The van der Waals surface area contributed by atoms with Crippen LogP contribution in [0, 0.1) is 5.92 Å². The van der Waals surface area contributed by atoms with E-state index in [1.54, 1.807) is 6.20 Å². The zero-order valence-electron chi connectivity index (χ0n) is 11.7. The Kier molecular flexibility index (Phi) is 6.89.